The Kier molecular flexibility index (Phi) is 3.94. The van der Waals surface area contributed by atoms with Gasteiger partial charge in [0, 0.05) is 18.3 Å². The highest BCUT2D eigenvalue weighted by atomic mass is 16.5. The molecule has 2 aromatic rings. The average Bonchev–Trinajstić information content (AvgIpc) is 2.60. The molecule has 0 radical (unpaired) electrons. The van der Waals surface area contributed by atoms with Crippen LogP contribution in [0.1, 0.15) is 26.7 Å². The monoisotopic (exact) mass is 354 g/mol. The van der Waals surface area contributed by atoms with E-state index in [2.05, 4.69) is 15.3 Å². The van der Waals surface area contributed by atoms with E-state index >= 15 is 0 Å². The van der Waals surface area contributed by atoms with Gasteiger partial charge in [-0.2, -0.15) is 0 Å². The molecule has 1 aliphatic heterocycles. The van der Waals surface area contributed by atoms with Crippen LogP contribution in [0.4, 0.5) is 11.6 Å². The molecule has 1 N–H and O–H groups in total. The Labute approximate surface area is 152 Å². The Bertz CT molecular complexity index is 816. The molecule has 0 aromatic carbocycles. The average molecular weight is 354 g/mol. The molecule has 136 valence electrons. The van der Waals surface area contributed by atoms with Crippen LogP contribution in [0, 0.1) is 0 Å². The van der Waals surface area contributed by atoms with E-state index in [0.29, 0.717) is 11.6 Å². The van der Waals surface area contributed by atoms with E-state index in [1.54, 1.807) is 38.3 Å². The lowest BCUT2D eigenvalue weighted by Crippen LogP contribution is -2.61. The lowest BCUT2D eigenvalue weighted by molar-refractivity contribution is -0.133. The van der Waals surface area contributed by atoms with E-state index in [1.807, 2.05) is 24.3 Å². The smallest absolute Gasteiger partial charge is 0.272 e. The van der Waals surface area contributed by atoms with Gasteiger partial charge in [-0.05, 0) is 51.0 Å². The maximum absolute atomic E-state index is 12.9. The third-order valence-electron chi connectivity index (χ3n) is 4.88. The van der Waals surface area contributed by atoms with E-state index in [-0.39, 0.29) is 18.0 Å². The third-order valence-corrected chi connectivity index (χ3v) is 4.88. The van der Waals surface area contributed by atoms with Gasteiger partial charge in [-0.25, -0.2) is 9.97 Å². The molecular formula is C19H22N4O3. The number of carbonyl (C=O) groups is 1. The molecule has 1 aliphatic carbocycles. The molecule has 1 amide bonds. The van der Waals surface area contributed by atoms with Gasteiger partial charge in [0.1, 0.15) is 11.6 Å². The number of nitrogens with one attached hydrogen (secondary N) is 1. The maximum Gasteiger partial charge on any atom is 0.272 e. The van der Waals surface area contributed by atoms with Gasteiger partial charge in [-0.15, -0.1) is 0 Å². The molecule has 0 bridgehead atoms. The van der Waals surface area contributed by atoms with E-state index in [9.17, 15) is 4.79 Å². The summed E-state index contributed by atoms with van der Waals surface area (Å²) in [4.78, 5) is 23.4. The van der Waals surface area contributed by atoms with Crippen LogP contribution in [-0.4, -0.2) is 40.7 Å². The zero-order chi connectivity index (χ0) is 18.3. The molecule has 1 saturated carbocycles. The lowest BCUT2D eigenvalue weighted by atomic mass is 9.84. The quantitative estimate of drug-likeness (QED) is 0.910. The first-order valence-electron chi connectivity index (χ1n) is 8.72. The molecule has 7 heteroatoms. The van der Waals surface area contributed by atoms with Gasteiger partial charge in [0.05, 0.1) is 13.3 Å². The minimum absolute atomic E-state index is 0.0466. The first kappa shape index (κ1) is 16.6. The minimum Gasteiger partial charge on any atom is -0.495 e. The molecule has 0 saturated heterocycles. The van der Waals surface area contributed by atoms with Crippen molar-refractivity contribution in [2.24, 2.45) is 0 Å². The SMILES string of the molecule is COc1ccc(NC2CC(N3C(=O)C(C)(C)Oc4cccnc43)C2)nc1. The normalized spacial score (nSPS) is 23.5. The van der Waals surface area contributed by atoms with Gasteiger partial charge in [0.25, 0.3) is 5.91 Å². The molecule has 3 heterocycles. The zero-order valence-electron chi connectivity index (χ0n) is 15.1. The molecule has 0 atom stereocenters. The van der Waals surface area contributed by atoms with Crippen molar-refractivity contribution in [3.63, 3.8) is 0 Å². The number of pyridine rings is 2. The number of amides is 1. The second kappa shape index (κ2) is 6.16. The molecule has 0 spiro atoms. The van der Waals surface area contributed by atoms with Gasteiger partial charge >= 0.3 is 0 Å². The number of hydrogen-bond donors (Lipinski definition) is 1. The van der Waals surface area contributed by atoms with Gasteiger partial charge in [0.2, 0.25) is 0 Å². The van der Waals surface area contributed by atoms with E-state index in [4.69, 9.17) is 9.47 Å². The molecule has 0 unspecified atom stereocenters. The summed E-state index contributed by atoms with van der Waals surface area (Å²) in [7, 11) is 1.62. The number of ether oxygens (including phenoxy) is 2. The van der Waals surface area contributed by atoms with Crippen molar-refractivity contribution < 1.29 is 14.3 Å². The Morgan fingerprint density at radius 2 is 2.08 bits per heavy atom. The number of methoxy groups -OCH3 is 1. The number of rotatable bonds is 4. The highest BCUT2D eigenvalue weighted by Gasteiger charge is 2.47. The second-order valence-electron chi connectivity index (χ2n) is 7.16. The van der Waals surface area contributed by atoms with E-state index in [0.717, 1.165) is 24.4 Å². The summed E-state index contributed by atoms with van der Waals surface area (Å²) in [6.45, 7) is 3.60. The first-order chi connectivity index (χ1) is 12.5. The number of aromatic nitrogens is 2. The highest BCUT2D eigenvalue weighted by Crippen LogP contribution is 2.41. The molecule has 4 rings (SSSR count). The van der Waals surface area contributed by atoms with Crippen molar-refractivity contribution in [1.82, 2.24) is 9.97 Å². The summed E-state index contributed by atoms with van der Waals surface area (Å²) in [5, 5.41) is 3.40. The molecule has 1 fully saturated rings. The number of hydrogen-bond acceptors (Lipinski definition) is 6. The number of anilines is 2. The predicted octanol–water partition coefficient (Wildman–Crippen LogP) is 2.63. The predicted molar refractivity (Wildman–Crippen MR) is 97.7 cm³/mol. The topological polar surface area (TPSA) is 76.6 Å². The molecular weight excluding hydrogens is 332 g/mol. The second-order valence-corrected chi connectivity index (χ2v) is 7.16. The lowest BCUT2D eigenvalue weighted by Gasteiger charge is -2.47. The van der Waals surface area contributed by atoms with Crippen LogP contribution in [-0.2, 0) is 4.79 Å². The number of fused-ring (bicyclic) bond motifs is 1. The van der Waals surface area contributed by atoms with E-state index in [1.165, 1.54) is 0 Å². The highest BCUT2D eigenvalue weighted by molar-refractivity contribution is 6.02. The first-order valence-corrected chi connectivity index (χ1v) is 8.72. The Morgan fingerprint density at radius 3 is 2.77 bits per heavy atom. The van der Waals surface area contributed by atoms with Crippen LogP contribution >= 0.6 is 0 Å². The third kappa shape index (κ3) is 2.83. The summed E-state index contributed by atoms with van der Waals surface area (Å²) in [6, 6.07) is 7.83. The Balaban J connectivity index is 1.46. The largest absolute Gasteiger partial charge is 0.495 e. The van der Waals surface area contributed by atoms with Crippen LogP contribution in [0.5, 0.6) is 11.5 Å². The van der Waals surface area contributed by atoms with Crippen molar-refractivity contribution >= 4 is 17.5 Å². The Hall–Kier alpha value is -2.83. The fraction of sp³-hybridized carbons (Fsp3) is 0.421. The van der Waals surface area contributed by atoms with Crippen LogP contribution in [0.2, 0.25) is 0 Å². The minimum atomic E-state index is -0.883. The van der Waals surface area contributed by atoms with Crippen LogP contribution in [0.15, 0.2) is 36.7 Å². The summed E-state index contributed by atoms with van der Waals surface area (Å²) >= 11 is 0. The van der Waals surface area contributed by atoms with Crippen molar-refractivity contribution in [3.8, 4) is 11.5 Å². The van der Waals surface area contributed by atoms with Crippen molar-refractivity contribution in [2.45, 2.75) is 44.4 Å². The van der Waals surface area contributed by atoms with Crippen LogP contribution in [0.3, 0.4) is 0 Å². The Morgan fingerprint density at radius 1 is 1.27 bits per heavy atom. The van der Waals surface area contributed by atoms with Gasteiger partial charge < -0.3 is 14.8 Å². The van der Waals surface area contributed by atoms with Gasteiger partial charge in [-0.3, -0.25) is 9.69 Å². The summed E-state index contributed by atoms with van der Waals surface area (Å²) in [5.41, 5.74) is -0.883. The van der Waals surface area contributed by atoms with Crippen molar-refractivity contribution in [2.75, 3.05) is 17.3 Å². The van der Waals surface area contributed by atoms with Crippen molar-refractivity contribution in [1.29, 1.82) is 0 Å². The molecule has 7 nitrogen and oxygen atoms in total. The number of nitrogens with zero attached hydrogens (tertiary/aromatic N) is 3. The number of carbonyl (C=O) groups excluding carboxylic acids is 1. The summed E-state index contributed by atoms with van der Waals surface area (Å²) in [6.07, 6.45) is 5.06. The zero-order valence-corrected chi connectivity index (χ0v) is 15.1. The molecule has 2 aliphatic rings. The maximum atomic E-state index is 12.9. The fourth-order valence-electron chi connectivity index (χ4n) is 3.40. The standard InChI is InChI=1S/C19H22N4O3/c1-19(2)18(24)23(17-15(26-19)5-4-8-20-17)13-9-12(10-13)22-16-7-6-14(25-3)11-21-16/h4-8,11-13H,9-10H2,1-3H3,(H,21,22). The molecule has 26 heavy (non-hydrogen) atoms. The fourth-order valence-corrected chi connectivity index (χ4v) is 3.40. The van der Waals surface area contributed by atoms with Crippen LogP contribution in [0.25, 0.3) is 0 Å². The van der Waals surface area contributed by atoms with Crippen LogP contribution < -0.4 is 19.7 Å². The molecule has 2 aromatic heterocycles. The van der Waals surface area contributed by atoms with Gasteiger partial charge in [0.15, 0.2) is 17.2 Å². The summed E-state index contributed by atoms with van der Waals surface area (Å²) in [5.74, 6) is 2.76. The van der Waals surface area contributed by atoms with Crippen molar-refractivity contribution in [3.05, 3.63) is 36.7 Å². The van der Waals surface area contributed by atoms with Gasteiger partial charge in [-0.1, -0.05) is 0 Å². The summed E-state index contributed by atoms with van der Waals surface area (Å²) < 4.78 is 11.0. The van der Waals surface area contributed by atoms with E-state index < -0.39 is 5.60 Å².